The molecule has 138 heavy (non-hydrogen) atoms. The van der Waals surface area contributed by atoms with Gasteiger partial charge in [-0.05, 0) is 202 Å². The lowest BCUT2D eigenvalue weighted by Crippen LogP contribution is -2.38. The third-order valence-electron chi connectivity index (χ3n) is 16.0. The molecule has 7 aromatic rings. The van der Waals surface area contributed by atoms with Gasteiger partial charge in [-0.1, -0.05) is 127 Å². The number of aliphatic hydroxyl groups is 2. The number of ether oxygens (including phenoxy) is 2. The molecule has 3 aliphatic carbocycles. The van der Waals surface area contributed by atoms with Gasteiger partial charge in [0.05, 0.1) is 44.9 Å². The second kappa shape index (κ2) is 75.7. The summed E-state index contributed by atoms with van der Waals surface area (Å²) in [6, 6.07) is 25.1. The van der Waals surface area contributed by atoms with E-state index >= 15 is 0 Å². The number of Topliss-reactive ketones (excluding diaryl/α,β-unsaturated/α-hetero) is 1. The molecule has 0 bridgehead atoms. The number of fused-ring (bicyclic) bond motifs is 3. The molecule has 776 valence electrons. The van der Waals surface area contributed by atoms with E-state index in [4.69, 9.17) is 44.8 Å². The van der Waals surface area contributed by atoms with E-state index < -0.39 is 111 Å². The number of nitro benzene ring substituents is 2. The number of aldehydes is 1. The summed E-state index contributed by atoms with van der Waals surface area (Å²) in [5.74, 6) is -10.4. The number of anilines is 5. The largest absolute Gasteiger partial charge is 0.481 e. The highest BCUT2D eigenvalue weighted by atomic mass is 35.5. The predicted molar refractivity (Wildman–Crippen MR) is 535 cm³/mol. The molecule has 41 heteroatoms. The van der Waals surface area contributed by atoms with E-state index in [0.717, 1.165) is 53.1 Å². The number of nitrogens with two attached hydrogens (primary N) is 1. The lowest BCUT2D eigenvalue weighted by atomic mass is 9.95. The number of nitriles is 1. The molecule has 0 aromatic heterocycles. The van der Waals surface area contributed by atoms with Crippen LogP contribution in [0.15, 0.2) is 115 Å². The quantitative estimate of drug-likeness (QED) is 0.00306. The average Bonchev–Trinajstić information content (AvgIpc) is 1.59. The average molecular weight is 2000 g/mol. The molecule has 0 fully saturated rings. The van der Waals surface area contributed by atoms with E-state index in [2.05, 4.69) is 32.1 Å². The number of aliphatic hydroxyl groups excluding tert-OH is 1. The van der Waals surface area contributed by atoms with Gasteiger partial charge in [-0.2, -0.15) is 14.0 Å². The molecule has 0 saturated carbocycles. The first-order chi connectivity index (χ1) is 61.1. The van der Waals surface area contributed by atoms with E-state index in [-0.39, 0.29) is 187 Å². The Morgan fingerprint density at radius 1 is 0.551 bits per heavy atom. The van der Waals surface area contributed by atoms with Crippen LogP contribution in [0.5, 0.6) is 0 Å². The number of hydrogen-bond acceptors (Lipinski definition) is 23. The van der Waals surface area contributed by atoms with Crippen molar-refractivity contribution < 1.29 is 137 Å². The number of carboxylic acids is 3. The number of carbonyl (C=O) groups excluding carboxylic acids is 8. The number of ketones is 1. The monoisotopic (exact) mass is 2000 g/mol. The number of hydrogen-bond donors (Lipinski definition) is 11. The number of halogens is 8. The van der Waals surface area contributed by atoms with Gasteiger partial charge in [0, 0.05) is 106 Å². The first kappa shape index (κ1) is 142. The molecular formula is C97H145ClF7N9O23Si. The normalized spacial score (nSPS) is 12.6. The van der Waals surface area contributed by atoms with Crippen LogP contribution >= 0.6 is 12.4 Å². The van der Waals surface area contributed by atoms with E-state index in [0.29, 0.717) is 99.7 Å². The number of esters is 2. The van der Waals surface area contributed by atoms with Crippen molar-refractivity contribution >= 4 is 138 Å². The number of nitro groups is 2. The van der Waals surface area contributed by atoms with Gasteiger partial charge in [-0.3, -0.25) is 73.6 Å². The van der Waals surface area contributed by atoms with Crippen molar-refractivity contribution in [3.05, 3.63) is 232 Å². The third kappa shape index (κ3) is 54.3. The SMILES string of the molecule is C.C.C.C.C.C.C.C.C.CC(=O)Nc1cc(CCC(=O)O)ccc1F.CC(=O)Nc1cc2c(cc1F)C(=O)CC2.CC(=O)Nc1cc2c(cc1F)C(C#N)(O[Si](C)(C)C)CC2.CC(=O)OC(C)=O.CCO.CCOC(=N)C1(O)CCc2cc(NC(C)=O)c(F)cc21.Cl.Nc1cc(CCC(=O)O)ccc1F.O=C(O)/C=C/c1ccc(F)c([N+](=O)[O-])c1.O=Cc1ccc(F)c([N+](=O)[O-])c1.[2H]CC.[2H]CC.[2H]CC. The molecule has 2 unspecified atom stereocenters. The number of amides is 4. The van der Waals surface area contributed by atoms with Crippen molar-refractivity contribution in [2.45, 2.75) is 259 Å². The van der Waals surface area contributed by atoms with Gasteiger partial charge in [0.1, 0.15) is 41.4 Å². The number of carboxylic acid groups (broad SMARTS) is 3. The lowest BCUT2D eigenvalue weighted by Gasteiger charge is -2.31. The Morgan fingerprint density at radius 2 is 0.913 bits per heavy atom. The lowest BCUT2D eigenvalue weighted by molar-refractivity contribution is -0.387. The summed E-state index contributed by atoms with van der Waals surface area (Å²) >= 11 is 0. The van der Waals surface area contributed by atoms with Gasteiger partial charge < -0.3 is 66.4 Å². The van der Waals surface area contributed by atoms with Gasteiger partial charge in [0.15, 0.2) is 25.3 Å². The summed E-state index contributed by atoms with van der Waals surface area (Å²) in [4.78, 5) is 134. The molecule has 0 aliphatic heterocycles. The van der Waals surface area contributed by atoms with Gasteiger partial charge in [-0.25, -0.2) is 26.7 Å². The zero-order chi connectivity index (χ0) is 101. The first-order valence-electron chi connectivity index (χ1n) is 40.6. The second-order valence-electron chi connectivity index (χ2n) is 27.0. The van der Waals surface area contributed by atoms with Crippen molar-refractivity contribution in [1.82, 2.24) is 0 Å². The number of aliphatic carboxylic acids is 3. The number of aryl methyl sites for hydroxylation is 5. The number of benzene rings is 7. The molecule has 3 aliphatic rings. The molecule has 10 rings (SSSR count). The Kier molecular flexibility index (Phi) is 78.1. The summed E-state index contributed by atoms with van der Waals surface area (Å²) in [6.07, 6.45) is 6.06. The molecule has 0 spiro atoms. The maximum absolute atomic E-state index is 14.1. The van der Waals surface area contributed by atoms with E-state index in [1.54, 1.807) is 40.7 Å². The zero-order valence-corrected chi connectivity index (χ0v) is 75.1. The molecule has 7 aromatic carbocycles. The van der Waals surface area contributed by atoms with Crippen LogP contribution in [0.2, 0.25) is 19.6 Å². The molecular weight excluding hydrogens is 1860 g/mol. The number of nitrogens with zero attached hydrogens (tertiary/aromatic N) is 3. The molecule has 0 radical (unpaired) electrons. The summed E-state index contributed by atoms with van der Waals surface area (Å²) in [7, 11) is -1.96. The summed E-state index contributed by atoms with van der Waals surface area (Å²) in [5, 5.41) is 90.8. The Balaban J connectivity index is -0.000000133. The van der Waals surface area contributed by atoms with Crippen LogP contribution in [-0.2, 0) is 100 Å². The highest BCUT2D eigenvalue weighted by molar-refractivity contribution is 6.69. The highest BCUT2D eigenvalue weighted by Crippen LogP contribution is 2.44. The number of carbonyl (C=O) groups is 11. The van der Waals surface area contributed by atoms with E-state index in [9.17, 15) is 114 Å². The van der Waals surface area contributed by atoms with Crippen molar-refractivity contribution in [3.8, 4) is 6.07 Å². The minimum atomic E-state index is -1.96. The van der Waals surface area contributed by atoms with Crippen LogP contribution in [0.4, 0.5) is 70.5 Å². The predicted octanol–water partition coefficient (Wildman–Crippen LogP) is 23.1. The van der Waals surface area contributed by atoms with Crippen molar-refractivity contribution in [1.29, 1.82) is 10.7 Å². The minimum absolute atomic E-state index is 0. The van der Waals surface area contributed by atoms with Crippen LogP contribution in [0.3, 0.4) is 0 Å². The summed E-state index contributed by atoms with van der Waals surface area (Å²) in [5.41, 5.74) is 7.34. The standard InChI is InChI=1S/C15H19FN2O2Si.C14H17FN2O3.C11H12FNO3.C11H10FNO2.C9H6FNO4.C9H10FNO2.C7H4FNO3.C4H6O3.C2H6O.3C2H6.9CH4.ClH/c1-10(19)18-14-7-11-5-6-15(9-17,20-21(2,3)4)12(11)8-13(14)16;1-3-20-13(16)14(19)5-4-9-6-12(17-8(2)18)11(15)7-10(9)14;1-7(14)13-10-6-8(2-4-9(10)12)3-5-11(15)16;1-6(14)13-10-4-7-2-3-11(15)8(7)5-9(10)12;10-7-3-1-6(2-4-9(12)13)5-8(7)11(14)15;10-7-3-1-6(5-8(7)11)2-4-9(12)13;8-6-2-1-5(4-10)3-7(6)9(11)12;1-3(5)7-4(2)6;1-2-3;3*1-2;;;;;;;;;;/h7-8H,5-6H2,1-4H3,(H,18,19);6-7,16,19H,3-5H2,1-2H3,(H,17,18);2,4,6H,3,5H2,1H3,(H,13,14)(H,15,16);4-5H,2-3H2,1H3,(H,13,14);1-5H,(H,12,13);1,3,5H,2,4,11H2,(H,12,13);1-4H;1-2H3;3H,2H2,1H3;3*1-2H3;9*1H4;1H/b;;;;4-2+;;;;;;;;;;;;;;;;;/i;;;;;;;;;3*1D;;;;;;;;;;. The van der Waals surface area contributed by atoms with Crippen molar-refractivity contribution in [3.63, 3.8) is 0 Å². The van der Waals surface area contributed by atoms with Gasteiger partial charge in [0.2, 0.25) is 41.2 Å². The second-order valence-corrected chi connectivity index (χ2v) is 31.4. The Labute approximate surface area is 818 Å². The topological polar surface area (TPSA) is 525 Å². The molecule has 32 nitrogen and oxygen atoms in total. The fourth-order valence-corrected chi connectivity index (χ4v) is 12.4. The fourth-order valence-electron chi connectivity index (χ4n) is 11.0. The van der Waals surface area contributed by atoms with Crippen LogP contribution < -0.4 is 27.0 Å². The first-order valence-corrected chi connectivity index (χ1v) is 41.9. The molecule has 4 amide bonds. The fraction of sp³-hybridized carbons (Fsp3) is 0.412. The van der Waals surface area contributed by atoms with Gasteiger partial charge >= 0.3 is 41.2 Å². The van der Waals surface area contributed by atoms with Crippen LogP contribution in [0.25, 0.3) is 6.08 Å². The highest BCUT2D eigenvalue weighted by Gasteiger charge is 2.45. The maximum Gasteiger partial charge on any atom is 0.328 e. The van der Waals surface area contributed by atoms with Crippen molar-refractivity contribution in [2.24, 2.45) is 0 Å². The van der Waals surface area contributed by atoms with Gasteiger partial charge in [-0.15, -0.1) is 12.4 Å². The van der Waals surface area contributed by atoms with Crippen molar-refractivity contribution in [2.75, 3.05) is 40.2 Å². The molecule has 0 saturated heterocycles. The Bertz CT molecular complexity index is 5200. The van der Waals surface area contributed by atoms with Gasteiger partial charge in [0.25, 0.3) is 0 Å². The number of rotatable bonds is 19. The van der Waals surface area contributed by atoms with Crippen LogP contribution in [0, 0.1) is 77.7 Å². The minimum Gasteiger partial charge on any atom is -0.481 e. The van der Waals surface area contributed by atoms with E-state index in [1.807, 2.05) is 19.6 Å². The van der Waals surface area contributed by atoms with E-state index in [1.165, 1.54) is 120 Å². The van der Waals surface area contributed by atoms with Crippen LogP contribution in [-0.4, -0.2) is 128 Å². The zero-order valence-electron chi connectivity index (χ0n) is 76.3. The molecule has 0 heterocycles. The Morgan fingerprint density at radius 3 is 1.28 bits per heavy atom. The number of nitrogens with one attached hydrogen (secondary N) is 5. The Hall–Kier alpha value is -13.5. The summed E-state index contributed by atoms with van der Waals surface area (Å²) in [6.45, 7) is 24.4. The third-order valence-corrected chi connectivity index (χ3v) is 16.9. The molecule has 2 atom stereocenters. The smallest absolute Gasteiger partial charge is 0.328 e. The summed E-state index contributed by atoms with van der Waals surface area (Å²) < 4.78 is 127. The maximum atomic E-state index is 14.1. The number of nitrogen functional groups attached to an aromatic ring is 1. The van der Waals surface area contributed by atoms with Crippen LogP contribution in [0.1, 0.15) is 265 Å². The molecule has 12 N–H and O–H groups in total.